The van der Waals surface area contributed by atoms with Crippen molar-refractivity contribution < 1.29 is 0 Å². The molecule has 2 heterocycles. The van der Waals surface area contributed by atoms with Gasteiger partial charge in [-0.05, 0) is 71.6 Å². The van der Waals surface area contributed by atoms with Gasteiger partial charge in [0, 0.05) is 40.0 Å². The van der Waals surface area contributed by atoms with Crippen LogP contribution in [0.5, 0.6) is 0 Å². The molecule has 270 valence electrons. The molecule has 0 unspecified atom stereocenters. The molecule has 0 fully saturated rings. The quantitative estimate of drug-likeness (QED) is 0.126. The van der Waals surface area contributed by atoms with Crippen molar-refractivity contribution in [2.75, 3.05) is 0 Å². The first-order chi connectivity index (χ1) is 28.8. The van der Waals surface area contributed by atoms with E-state index in [2.05, 4.69) is 187 Å². The van der Waals surface area contributed by atoms with E-state index in [1.807, 2.05) is 30.6 Å². The van der Waals surface area contributed by atoms with Crippen molar-refractivity contribution in [2.24, 2.45) is 0 Å². The van der Waals surface area contributed by atoms with Crippen LogP contribution in [0.4, 0.5) is 0 Å². The summed E-state index contributed by atoms with van der Waals surface area (Å²) < 4.78 is 0. The number of fused-ring (bicyclic) bond motifs is 5. The zero-order valence-corrected chi connectivity index (χ0v) is 31.5. The maximum Gasteiger partial charge on any atom is 0.160 e. The molecule has 2 aromatic heterocycles. The minimum absolute atomic E-state index is 0.694. The van der Waals surface area contributed by atoms with Crippen LogP contribution in [-0.2, 0) is 0 Å². The minimum atomic E-state index is 0.694. The van der Waals surface area contributed by atoms with Crippen molar-refractivity contribution in [1.82, 2.24) is 15.0 Å². The van der Waals surface area contributed by atoms with Crippen LogP contribution in [0, 0.1) is 0 Å². The highest BCUT2D eigenvalue weighted by molar-refractivity contribution is 6.27. The first-order valence-corrected chi connectivity index (χ1v) is 19.7. The van der Waals surface area contributed by atoms with Crippen molar-refractivity contribution >= 4 is 43.1 Å². The molecule has 9 aromatic carbocycles. The van der Waals surface area contributed by atoms with E-state index in [9.17, 15) is 0 Å². The van der Waals surface area contributed by atoms with Gasteiger partial charge < -0.3 is 0 Å². The standard InChI is InChI=1S/C55H35N3/c1-3-14-40(15-4-1)53-47-22-12-11-21-46(47)52(48-32-31-36-13-7-10-20-45(36)54(48)53)41-29-27-39(28-30-41)51-33-50(57-55(58-51)42-16-5-2-6-17-42)38-25-23-37(24-26-38)49-35-56-34-43-18-8-9-19-44(43)49/h1-35H. The Morgan fingerprint density at radius 1 is 0.293 bits per heavy atom. The van der Waals surface area contributed by atoms with Crippen LogP contribution in [0.15, 0.2) is 213 Å². The van der Waals surface area contributed by atoms with Crippen LogP contribution in [0.1, 0.15) is 0 Å². The van der Waals surface area contributed by atoms with Gasteiger partial charge in [0.05, 0.1) is 11.4 Å². The first-order valence-electron chi connectivity index (χ1n) is 19.7. The van der Waals surface area contributed by atoms with Gasteiger partial charge in [0.25, 0.3) is 0 Å². The highest BCUT2D eigenvalue weighted by atomic mass is 14.9. The summed E-state index contributed by atoms with van der Waals surface area (Å²) in [6.07, 6.45) is 3.86. The van der Waals surface area contributed by atoms with E-state index >= 15 is 0 Å². The highest BCUT2D eigenvalue weighted by Crippen LogP contribution is 2.46. The van der Waals surface area contributed by atoms with Gasteiger partial charge in [-0.2, -0.15) is 0 Å². The van der Waals surface area contributed by atoms with E-state index in [0.717, 1.165) is 50.2 Å². The molecule has 3 heteroatoms. The molecule has 0 aliphatic carbocycles. The molecule has 0 saturated carbocycles. The summed E-state index contributed by atoms with van der Waals surface area (Å²) in [6, 6.07) is 71.3. The Kier molecular flexibility index (Phi) is 8.15. The fourth-order valence-electron chi connectivity index (χ4n) is 8.60. The molecule has 0 saturated heterocycles. The number of hydrogen-bond donors (Lipinski definition) is 0. The van der Waals surface area contributed by atoms with E-state index in [0.29, 0.717) is 5.82 Å². The van der Waals surface area contributed by atoms with Crippen LogP contribution < -0.4 is 0 Å². The van der Waals surface area contributed by atoms with Crippen molar-refractivity contribution in [1.29, 1.82) is 0 Å². The summed E-state index contributed by atoms with van der Waals surface area (Å²) >= 11 is 0. The van der Waals surface area contributed by atoms with E-state index in [4.69, 9.17) is 9.97 Å². The summed E-state index contributed by atoms with van der Waals surface area (Å²) in [7, 11) is 0. The topological polar surface area (TPSA) is 38.7 Å². The molecular formula is C55H35N3. The van der Waals surface area contributed by atoms with Crippen molar-refractivity contribution in [3.05, 3.63) is 213 Å². The average molecular weight is 738 g/mol. The van der Waals surface area contributed by atoms with Crippen LogP contribution in [-0.4, -0.2) is 15.0 Å². The van der Waals surface area contributed by atoms with Crippen LogP contribution in [0.3, 0.4) is 0 Å². The van der Waals surface area contributed by atoms with Crippen LogP contribution in [0.25, 0.3) is 110 Å². The molecule has 0 aliphatic rings. The maximum absolute atomic E-state index is 5.16. The number of hydrogen-bond acceptors (Lipinski definition) is 3. The molecule has 11 rings (SSSR count). The summed E-state index contributed by atoms with van der Waals surface area (Å²) in [4.78, 5) is 14.8. The normalized spacial score (nSPS) is 11.4. The van der Waals surface area contributed by atoms with Gasteiger partial charge in [-0.3, -0.25) is 4.98 Å². The Morgan fingerprint density at radius 2 is 0.793 bits per heavy atom. The Labute approximate surface area is 336 Å². The van der Waals surface area contributed by atoms with E-state index in [1.54, 1.807) is 0 Å². The average Bonchev–Trinajstić information content (AvgIpc) is 3.31. The Hall–Kier alpha value is -7.75. The Bertz CT molecular complexity index is 3300. The first kappa shape index (κ1) is 33.6. The van der Waals surface area contributed by atoms with E-state index < -0.39 is 0 Å². The smallest absolute Gasteiger partial charge is 0.160 e. The zero-order valence-electron chi connectivity index (χ0n) is 31.5. The molecule has 0 spiro atoms. The molecule has 0 aliphatic heterocycles. The molecule has 0 bridgehead atoms. The third-order valence-corrected chi connectivity index (χ3v) is 11.4. The number of aromatic nitrogens is 3. The van der Waals surface area contributed by atoms with Gasteiger partial charge in [0.1, 0.15) is 0 Å². The Morgan fingerprint density at radius 3 is 1.47 bits per heavy atom. The molecule has 11 aromatic rings. The van der Waals surface area contributed by atoms with E-state index in [-0.39, 0.29) is 0 Å². The van der Waals surface area contributed by atoms with Crippen molar-refractivity contribution in [3.63, 3.8) is 0 Å². The van der Waals surface area contributed by atoms with E-state index in [1.165, 1.54) is 54.4 Å². The fourth-order valence-corrected chi connectivity index (χ4v) is 8.60. The summed E-state index contributed by atoms with van der Waals surface area (Å²) in [5, 5.41) is 9.79. The lowest BCUT2D eigenvalue weighted by Crippen LogP contribution is -1.96. The SMILES string of the molecule is c1ccc(-c2nc(-c3ccc(-c4cncc5ccccc45)cc3)cc(-c3ccc(-c4c5ccccc5c(-c5ccccc5)c5c4ccc4ccccc45)cc3)n2)cc1. The highest BCUT2D eigenvalue weighted by Gasteiger charge is 2.19. The molecule has 0 atom stereocenters. The minimum Gasteiger partial charge on any atom is -0.263 e. The third kappa shape index (κ3) is 5.80. The molecule has 3 nitrogen and oxygen atoms in total. The number of rotatable bonds is 6. The monoisotopic (exact) mass is 737 g/mol. The molecule has 0 amide bonds. The lowest BCUT2D eigenvalue weighted by Gasteiger charge is -2.19. The largest absolute Gasteiger partial charge is 0.263 e. The van der Waals surface area contributed by atoms with Crippen LogP contribution in [0.2, 0.25) is 0 Å². The number of nitrogens with zero attached hydrogens (tertiary/aromatic N) is 3. The zero-order chi connectivity index (χ0) is 38.4. The second-order valence-electron chi connectivity index (χ2n) is 14.8. The molecule has 0 radical (unpaired) electrons. The lowest BCUT2D eigenvalue weighted by atomic mass is 9.84. The van der Waals surface area contributed by atoms with Gasteiger partial charge >= 0.3 is 0 Å². The third-order valence-electron chi connectivity index (χ3n) is 11.4. The van der Waals surface area contributed by atoms with Crippen LogP contribution >= 0.6 is 0 Å². The van der Waals surface area contributed by atoms with Gasteiger partial charge in [0.15, 0.2) is 5.82 Å². The number of benzene rings is 9. The number of pyridine rings is 1. The lowest BCUT2D eigenvalue weighted by molar-refractivity contribution is 1.18. The summed E-state index contributed by atoms with van der Waals surface area (Å²) in [5.41, 5.74) is 11.9. The van der Waals surface area contributed by atoms with Gasteiger partial charge in [-0.1, -0.05) is 194 Å². The molecular weight excluding hydrogens is 703 g/mol. The second kappa shape index (κ2) is 14.1. The fraction of sp³-hybridized carbons (Fsp3) is 0. The second-order valence-corrected chi connectivity index (χ2v) is 14.8. The van der Waals surface area contributed by atoms with Gasteiger partial charge in [-0.15, -0.1) is 0 Å². The summed E-state index contributed by atoms with van der Waals surface area (Å²) in [6.45, 7) is 0. The Balaban J connectivity index is 1.05. The van der Waals surface area contributed by atoms with Gasteiger partial charge in [0.2, 0.25) is 0 Å². The maximum atomic E-state index is 5.16. The molecule has 0 N–H and O–H groups in total. The predicted molar refractivity (Wildman–Crippen MR) is 242 cm³/mol. The van der Waals surface area contributed by atoms with Crippen molar-refractivity contribution in [3.8, 4) is 67.3 Å². The van der Waals surface area contributed by atoms with Gasteiger partial charge in [-0.25, -0.2) is 9.97 Å². The predicted octanol–water partition coefficient (Wildman–Crippen LogP) is 14.5. The van der Waals surface area contributed by atoms with Crippen molar-refractivity contribution in [2.45, 2.75) is 0 Å². The summed E-state index contributed by atoms with van der Waals surface area (Å²) in [5.74, 6) is 0.694. The molecule has 58 heavy (non-hydrogen) atoms.